The molecular weight excluding hydrogens is 282 g/mol. The first-order valence-corrected chi connectivity index (χ1v) is 10.5. The van der Waals surface area contributed by atoms with E-state index in [0.29, 0.717) is 6.61 Å². The van der Waals surface area contributed by atoms with E-state index >= 15 is 0 Å². The van der Waals surface area contributed by atoms with Crippen molar-refractivity contribution in [3.05, 3.63) is 0 Å². The van der Waals surface area contributed by atoms with Crippen molar-refractivity contribution in [3.8, 4) is 12.3 Å². The summed E-state index contributed by atoms with van der Waals surface area (Å²) in [4.78, 5) is 11.7. The molecule has 0 aromatic carbocycles. The van der Waals surface area contributed by atoms with Gasteiger partial charge < -0.3 is 14.5 Å². The Balaban J connectivity index is 4.41. The van der Waals surface area contributed by atoms with Crippen LogP contribution in [-0.2, 0) is 9.16 Å². The number of carbonyl (C=O) groups excluding carboxylic acids is 1. The van der Waals surface area contributed by atoms with E-state index in [0.717, 1.165) is 6.04 Å². The largest absolute Gasteiger partial charge is 0.444 e. The van der Waals surface area contributed by atoms with Crippen LogP contribution in [0.1, 0.15) is 41.5 Å². The minimum absolute atomic E-state index is 0.222. The molecule has 0 unspecified atom stereocenters. The molecule has 0 aliphatic rings. The Morgan fingerprint density at radius 3 is 2.14 bits per heavy atom. The van der Waals surface area contributed by atoms with Gasteiger partial charge in [-0.3, -0.25) is 0 Å². The second kappa shape index (κ2) is 7.32. The Labute approximate surface area is 131 Å². The van der Waals surface area contributed by atoms with Gasteiger partial charge in [0.2, 0.25) is 0 Å². The monoisotopic (exact) mass is 313 g/mol. The minimum atomic E-state index is -1.80. The van der Waals surface area contributed by atoms with Gasteiger partial charge in [0.05, 0.1) is 6.61 Å². The van der Waals surface area contributed by atoms with Crippen molar-refractivity contribution in [3.63, 3.8) is 0 Å². The molecule has 0 bridgehead atoms. The maximum Gasteiger partial charge on any atom is 0.408 e. The van der Waals surface area contributed by atoms with E-state index in [4.69, 9.17) is 15.6 Å². The third kappa shape index (κ3) is 11.4. The van der Waals surface area contributed by atoms with Crippen LogP contribution in [0.3, 0.4) is 0 Å². The minimum Gasteiger partial charge on any atom is -0.444 e. The zero-order chi connectivity index (χ0) is 16.9. The lowest BCUT2D eigenvalue weighted by Gasteiger charge is -2.31. The average molecular weight is 314 g/mol. The van der Waals surface area contributed by atoms with E-state index < -0.39 is 26.1 Å². The Morgan fingerprint density at radius 1 is 1.24 bits per heavy atom. The SMILES string of the molecule is C#C[C@H](CO[Si](C)(C)CC(C)(C)C)NC(=O)OC(C)(C)C. The molecule has 0 heterocycles. The van der Waals surface area contributed by atoms with Crippen LogP contribution in [0, 0.1) is 17.8 Å². The van der Waals surface area contributed by atoms with Crippen molar-refractivity contribution >= 4 is 14.4 Å². The molecule has 1 N–H and O–H groups in total. The summed E-state index contributed by atoms with van der Waals surface area (Å²) in [6.45, 7) is 16.7. The highest BCUT2D eigenvalue weighted by Crippen LogP contribution is 2.28. The normalized spacial score (nSPS) is 14.2. The highest BCUT2D eigenvalue weighted by Gasteiger charge is 2.30. The van der Waals surface area contributed by atoms with Gasteiger partial charge in [-0.05, 0) is 45.3 Å². The van der Waals surface area contributed by atoms with Gasteiger partial charge in [0.1, 0.15) is 11.6 Å². The van der Waals surface area contributed by atoms with Gasteiger partial charge in [-0.25, -0.2) is 4.79 Å². The fourth-order valence-corrected chi connectivity index (χ4v) is 5.49. The summed E-state index contributed by atoms with van der Waals surface area (Å²) in [6, 6.07) is 0.565. The third-order valence-corrected chi connectivity index (χ3v) is 5.35. The molecule has 1 atom stereocenters. The summed E-state index contributed by atoms with van der Waals surface area (Å²) < 4.78 is 11.2. The number of rotatable bonds is 5. The Kier molecular flexibility index (Phi) is 6.98. The molecule has 0 saturated carbocycles. The van der Waals surface area contributed by atoms with E-state index in [9.17, 15) is 4.79 Å². The first kappa shape index (κ1) is 20.0. The Morgan fingerprint density at radius 2 is 1.76 bits per heavy atom. The van der Waals surface area contributed by atoms with Crippen molar-refractivity contribution in [2.75, 3.05) is 6.61 Å². The van der Waals surface area contributed by atoms with Crippen molar-refractivity contribution in [1.29, 1.82) is 0 Å². The third-order valence-electron chi connectivity index (χ3n) is 2.49. The van der Waals surface area contributed by atoms with Crippen LogP contribution < -0.4 is 5.32 Å². The predicted molar refractivity (Wildman–Crippen MR) is 89.7 cm³/mol. The van der Waals surface area contributed by atoms with Gasteiger partial charge in [-0.2, -0.15) is 0 Å². The number of alkyl carbamates (subject to hydrolysis) is 1. The summed E-state index contributed by atoms with van der Waals surface area (Å²) in [5, 5.41) is 2.66. The summed E-state index contributed by atoms with van der Waals surface area (Å²) in [7, 11) is -1.80. The summed E-state index contributed by atoms with van der Waals surface area (Å²) in [6.07, 6.45) is 4.95. The molecule has 0 rings (SSSR count). The van der Waals surface area contributed by atoms with Gasteiger partial charge >= 0.3 is 6.09 Å². The topological polar surface area (TPSA) is 47.6 Å². The van der Waals surface area contributed by atoms with Crippen LogP contribution in [0.5, 0.6) is 0 Å². The molecule has 0 radical (unpaired) electrons. The number of terminal acetylenes is 1. The molecule has 0 aliphatic heterocycles. The van der Waals surface area contributed by atoms with Crippen LogP contribution in [0.2, 0.25) is 19.1 Å². The van der Waals surface area contributed by atoms with Crippen LogP contribution in [0.25, 0.3) is 0 Å². The van der Waals surface area contributed by atoms with Crippen molar-refractivity contribution < 1.29 is 14.0 Å². The maximum absolute atomic E-state index is 11.7. The highest BCUT2D eigenvalue weighted by molar-refractivity contribution is 6.71. The van der Waals surface area contributed by atoms with Crippen molar-refractivity contribution in [1.82, 2.24) is 5.32 Å². The lowest BCUT2D eigenvalue weighted by Crippen LogP contribution is -2.44. The van der Waals surface area contributed by atoms with Crippen molar-refractivity contribution in [2.24, 2.45) is 5.41 Å². The van der Waals surface area contributed by atoms with Gasteiger partial charge in [0, 0.05) is 0 Å². The fraction of sp³-hybridized carbons (Fsp3) is 0.812. The number of hydrogen-bond donors (Lipinski definition) is 1. The van der Waals surface area contributed by atoms with E-state index in [2.05, 4.69) is 45.1 Å². The maximum atomic E-state index is 11.7. The lowest BCUT2D eigenvalue weighted by molar-refractivity contribution is 0.0502. The quantitative estimate of drug-likeness (QED) is 0.620. The standard InChI is InChI=1S/C16H31NO3Si/c1-10-13(17-14(18)20-16(5,6)7)11-19-21(8,9)12-15(2,3)4/h1,13H,11-12H2,2-9H3,(H,17,18)/t13-/m1/s1. The number of nitrogens with one attached hydrogen (secondary N) is 1. The Hall–Kier alpha value is -0.993. The lowest BCUT2D eigenvalue weighted by atomic mass is 10.0. The van der Waals surface area contributed by atoms with Gasteiger partial charge in [-0.15, -0.1) is 6.42 Å². The van der Waals surface area contributed by atoms with Gasteiger partial charge in [-0.1, -0.05) is 26.7 Å². The second-order valence-electron chi connectivity index (χ2n) is 8.17. The van der Waals surface area contributed by atoms with Gasteiger partial charge in [0.15, 0.2) is 8.32 Å². The molecule has 5 heteroatoms. The molecular formula is C16H31NO3Si. The summed E-state index contributed by atoms with van der Waals surface area (Å²) >= 11 is 0. The van der Waals surface area contributed by atoms with E-state index in [1.54, 1.807) is 0 Å². The first-order chi connectivity index (χ1) is 9.24. The zero-order valence-corrected chi connectivity index (χ0v) is 15.8. The van der Waals surface area contributed by atoms with Gasteiger partial charge in [0.25, 0.3) is 0 Å². The summed E-state index contributed by atoms with van der Waals surface area (Å²) in [5.41, 5.74) is -0.315. The zero-order valence-electron chi connectivity index (χ0n) is 14.8. The van der Waals surface area contributed by atoms with Crippen molar-refractivity contribution in [2.45, 2.75) is 72.3 Å². The number of amides is 1. The number of carbonyl (C=O) groups is 1. The number of hydrogen-bond acceptors (Lipinski definition) is 3. The molecule has 0 fully saturated rings. The highest BCUT2D eigenvalue weighted by atomic mass is 28.4. The van der Waals surface area contributed by atoms with Crippen LogP contribution in [-0.4, -0.2) is 32.7 Å². The van der Waals surface area contributed by atoms with Crippen LogP contribution in [0.15, 0.2) is 0 Å². The molecule has 21 heavy (non-hydrogen) atoms. The van der Waals surface area contributed by atoms with Crippen LogP contribution >= 0.6 is 0 Å². The smallest absolute Gasteiger partial charge is 0.408 e. The van der Waals surface area contributed by atoms with E-state index in [1.165, 1.54) is 0 Å². The predicted octanol–water partition coefficient (Wildman–Crippen LogP) is 3.78. The van der Waals surface area contributed by atoms with Crippen LogP contribution in [0.4, 0.5) is 4.79 Å². The van der Waals surface area contributed by atoms with E-state index in [-0.39, 0.29) is 5.41 Å². The average Bonchev–Trinajstić information content (AvgIpc) is 2.17. The molecule has 1 amide bonds. The summed E-state index contributed by atoms with van der Waals surface area (Å²) in [5.74, 6) is 2.54. The molecule has 122 valence electrons. The fourth-order valence-electron chi connectivity index (χ4n) is 2.22. The molecule has 0 spiro atoms. The van der Waals surface area contributed by atoms with E-state index in [1.807, 2.05) is 20.8 Å². The molecule has 0 aromatic heterocycles. The molecule has 4 nitrogen and oxygen atoms in total. The molecule has 0 aliphatic carbocycles. The molecule has 0 saturated heterocycles. The first-order valence-electron chi connectivity index (χ1n) is 7.34. The number of ether oxygens (including phenoxy) is 1. The Bertz CT molecular complexity index is 386. The molecule has 0 aromatic rings. The second-order valence-corrected chi connectivity index (χ2v) is 12.3.